The van der Waals surface area contributed by atoms with Gasteiger partial charge in [0.1, 0.15) is 0 Å². The highest BCUT2D eigenvalue weighted by Crippen LogP contribution is 2.21. The molecule has 16 heavy (non-hydrogen) atoms. The Balaban J connectivity index is 1.97. The molecule has 2 heteroatoms. The number of nitrogens with one attached hydrogen (secondary N) is 1. The first-order chi connectivity index (χ1) is 7.74. The molecule has 1 nitrogen and oxygen atoms in total. The van der Waals surface area contributed by atoms with Crippen molar-refractivity contribution in [1.29, 1.82) is 0 Å². The molecule has 0 radical (unpaired) electrons. The summed E-state index contributed by atoms with van der Waals surface area (Å²) in [6.07, 6.45) is 0. The van der Waals surface area contributed by atoms with Gasteiger partial charge in [-0.15, -0.1) is 0 Å². The van der Waals surface area contributed by atoms with E-state index >= 15 is 0 Å². The molecule has 0 unspecified atom stereocenters. The highest BCUT2D eigenvalue weighted by molar-refractivity contribution is 8.00. The van der Waals surface area contributed by atoms with Crippen LogP contribution in [0.5, 0.6) is 0 Å². The summed E-state index contributed by atoms with van der Waals surface area (Å²) in [4.78, 5) is 1.23. The Morgan fingerprint density at radius 3 is 1.81 bits per heavy atom. The Hall–Kier alpha value is -1.41. The third kappa shape index (κ3) is 3.04. The lowest BCUT2D eigenvalue weighted by Gasteiger charge is -2.05. The molecule has 0 spiro atoms. The van der Waals surface area contributed by atoms with E-state index in [0.29, 0.717) is 0 Å². The molecular weight excluding hydrogens is 214 g/mol. The summed E-state index contributed by atoms with van der Waals surface area (Å²) in [5.74, 6) is 0. The van der Waals surface area contributed by atoms with Gasteiger partial charge in [-0.2, -0.15) is 0 Å². The predicted octanol–water partition coefficient (Wildman–Crippen LogP) is 4.42. The largest absolute Gasteiger partial charge is 0.326 e. The van der Waals surface area contributed by atoms with Crippen molar-refractivity contribution in [2.45, 2.75) is 18.7 Å². The molecule has 0 fully saturated rings. The molecule has 0 aromatic heterocycles. The molecular formula is C14H15NS. The molecule has 0 atom stereocenters. The predicted molar refractivity (Wildman–Crippen MR) is 71.8 cm³/mol. The van der Waals surface area contributed by atoms with Crippen LogP contribution in [0.4, 0.5) is 5.69 Å². The zero-order chi connectivity index (χ0) is 11.4. The minimum atomic E-state index is 1.14. The monoisotopic (exact) mass is 229 g/mol. The molecule has 0 aliphatic rings. The minimum absolute atomic E-state index is 1.14. The van der Waals surface area contributed by atoms with Crippen molar-refractivity contribution in [3.05, 3.63) is 59.7 Å². The normalized spacial score (nSPS) is 10.1. The number of anilines is 1. The Kier molecular flexibility index (Phi) is 3.52. The lowest BCUT2D eigenvalue weighted by atomic mass is 10.2. The van der Waals surface area contributed by atoms with Gasteiger partial charge in [0.2, 0.25) is 0 Å². The van der Waals surface area contributed by atoms with Crippen molar-refractivity contribution < 1.29 is 0 Å². The van der Waals surface area contributed by atoms with Crippen molar-refractivity contribution in [3.8, 4) is 0 Å². The van der Waals surface area contributed by atoms with E-state index in [1.807, 2.05) is 0 Å². The second kappa shape index (κ2) is 5.08. The molecule has 2 aromatic rings. The van der Waals surface area contributed by atoms with Gasteiger partial charge in [-0.05, 0) is 50.1 Å². The topological polar surface area (TPSA) is 12.0 Å². The van der Waals surface area contributed by atoms with E-state index in [0.717, 1.165) is 5.69 Å². The van der Waals surface area contributed by atoms with Gasteiger partial charge in [-0.1, -0.05) is 35.4 Å². The van der Waals surface area contributed by atoms with E-state index in [1.54, 1.807) is 11.9 Å². The fourth-order valence-corrected chi connectivity index (χ4v) is 1.99. The number of rotatable bonds is 3. The molecule has 0 aliphatic heterocycles. The smallest absolute Gasteiger partial charge is 0.0443 e. The van der Waals surface area contributed by atoms with E-state index < -0.39 is 0 Å². The van der Waals surface area contributed by atoms with Crippen LogP contribution in [0.25, 0.3) is 0 Å². The van der Waals surface area contributed by atoms with Crippen LogP contribution in [0.15, 0.2) is 53.4 Å². The van der Waals surface area contributed by atoms with Gasteiger partial charge in [-0.3, -0.25) is 0 Å². The summed E-state index contributed by atoms with van der Waals surface area (Å²) < 4.78 is 3.32. The van der Waals surface area contributed by atoms with Crippen molar-refractivity contribution in [3.63, 3.8) is 0 Å². The Morgan fingerprint density at radius 1 is 0.750 bits per heavy atom. The second-order valence-electron chi connectivity index (χ2n) is 3.88. The maximum Gasteiger partial charge on any atom is 0.0443 e. The number of aryl methyl sites for hydroxylation is 2. The molecule has 2 aromatic carbocycles. The summed E-state index contributed by atoms with van der Waals surface area (Å²) >= 11 is 1.64. The van der Waals surface area contributed by atoms with E-state index in [2.05, 4.69) is 67.1 Å². The van der Waals surface area contributed by atoms with Crippen molar-refractivity contribution in [1.82, 2.24) is 0 Å². The number of hydrogen-bond acceptors (Lipinski definition) is 2. The lowest BCUT2D eigenvalue weighted by Crippen LogP contribution is -1.86. The highest BCUT2D eigenvalue weighted by atomic mass is 32.2. The van der Waals surface area contributed by atoms with Gasteiger partial charge in [0, 0.05) is 10.6 Å². The summed E-state index contributed by atoms with van der Waals surface area (Å²) in [6, 6.07) is 16.9. The Labute approximate surface area is 101 Å². The van der Waals surface area contributed by atoms with Crippen LogP contribution in [-0.2, 0) is 0 Å². The molecule has 1 N–H and O–H groups in total. The van der Waals surface area contributed by atoms with Crippen LogP contribution in [0.1, 0.15) is 11.1 Å². The first-order valence-electron chi connectivity index (χ1n) is 5.30. The molecule has 0 saturated heterocycles. The average Bonchev–Trinajstić information content (AvgIpc) is 2.30. The molecule has 82 valence electrons. The number of hydrogen-bond donors (Lipinski definition) is 1. The van der Waals surface area contributed by atoms with Crippen LogP contribution in [-0.4, -0.2) is 0 Å². The molecule has 0 heterocycles. The highest BCUT2D eigenvalue weighted by Gasteiger charge is 1.94. The molecule has 0 amide bonds. The van der Waals surface area contributed by atoms with E-state index in [-0.39, 0.29) is 0 Å². The Bertz CT molecular complexity index is 400. The first-order valence-corrected chi connectivity index (χ1v) is 6.12. The fourth-order valence-electron chi connectivity index (χ4n) is 1.35. The van der Waals surface area contributed by atoms with Crippen LogP contribution in [0.3, 0.4) is 0 Å². The van der Waals surface area contributed by atoms with E-state index in [9.17, 15) is 0 Å². The average molecular weight is 229 g/mol. The lowest BCUT2D eigenvalue weighted by molar-refractivity contribution is 1.38. The molecule has 0 saturated carbocycles. The first kappa shape index (κ1) is 11.1. The summed E-state index contributed by atoms with van der Waals surface area (Å²) in [5, 5.41) is 0. The van der Waals surface area contributed by atoms with Crippen LogP contribution in [0.2, 0.25) is 0 Å². The zero-order valence-corrected chi connectivity index (χ0v) is 10.3. The van der Waals surface area contributed by atoms with Crippen molar-refractivity contribution in [2.24, 2.45) is 0 Å². The maximum absolute atomic E-state index is 3.32. The van der Waals surface area contributed by atoms with Gasteiger partial charge in [0.15, 0.2) is 0 Å². The minimum Gasteiger partial charge on any atom is -0.326 e. The van der Waals surface area contributed by atoms with E-state index in [1.165, 1.54) is 16.0 Å². The SMILES string of the molecule is Cc1ccc(NSc2ccc(C)cc2)cc1. The molecule has 0 bridgehead atoms. The molecule has 2 rings (SSSR count). The second-order valence-corrected chi connectivity index (χ2v) is 4.76. The van der Waals surface area contributed by atoms with Crippen molar-refractivity contribution in [2.75, 3.05) is 4.72 Å². The van der Waals surface area contributed by atoms with Gasteiger partial charge in [0.25, 0.3) is 0 Å². The summed E-state index contributed by atoms with van der Waals surface area (Å²) in [5.41, 5.74) is 3.71. The van der Waals surface area contributed by atoms with Gasteiger partial charge >= 0.3 is 0 Å². The zero-order valence-electron chi connectivity index (χ0n) is 9.53. The van der Waals surface area contributed by atoms with Gasteiger partial charge in [-0.25, -0.2) is 0 Å². The summed E-state index contributed by atoms with van der Waals surface area (Å²) in [7, 11) is 0. The van der Waals surface area contributed by atoms with E-state index in [4.69, 9.17) is 0 Å². The fraction of sp³-hybridized carbons (Fsp3) is 0.143. The molecule has 0 aliphatic carbocycles. The van der Waals surface area contributed by atoms with Crippen LogP contribution in [0, 0.1) is 13.8 Å². The van der Waals surface area contributed by atoms with Gasteiger partial charge in [0.05, 0.1) is 0 Å². The third-order valence-corrected chi connectivity index (χ3v) is 3.20. The standard InChI is InChI=1S/C14H15NS/c1-11-3-7-13(8-4-11)15-16-14-9-5-12(2)6-10-14/h3-10,15H,1-2H3. The maximum atomic E-state index is 3.32. The Morgan fingerprint density at radius 2 is 1.25 bits per heavy atom. The quantitative estimate of drug-likeness (QED) is 0.782. The third-order valence-electron chi connectivity index (χ3n) is 2.36. The van der Waals surface area contributed by atoms with Gasteiger partial charge < -0.3 is 4.72 Å². The van der Waals surface area contributed by atoms with Crippen molar-refractivity contribution >= 4 is 17.6 Å². The number of benzene rings is 2. The van der Waals surface area contributed by atoms with Crippen LogP contribution >= 0.6 is 11.9 Å². The summed E-state index contributed by atoms with van der Waals surface area (Å²) in [6.45, 7) is 4.19. The van der Waals surface area contributed by atoms with Crippen LogP contribution < -0.4 is 4.72 Å².